The van der Waals surface area contributed by atoms with Gasteiger partial charge in [-0.05, 0) is 23.3 Å². The molecule has 0 fully saturated rings. The average Bonchev–Trinajstić information content (AvgIpc) is 2.57. The van der Waals surface area contributed by atoms with Crippen LogP contribution in [0.25, 0.3) is 0 Å². The van der Waals surface area contributed by atoms with Crippen LogP contribution in [0.15, 0.2) is 59.1 Å². The van der Waals surface area contributed by atoms with Crippen LogP contribution in [0.3, 0.4) is 0 Å². The Kier molecular flexibility index (Phi) is 6.96. The van der Waals surface area contributed by atoms with Gasteiger partial charge in [0.1, 0.15) is 12.6 Å². The van der Waals surface area contributed by atoms with Crippen LogP contribution in [0.2, 0.25) is 0 Å². The van der Waals surface area contributed by atoms with Crippen molar-refractivity contribution in [2.75, 3.05) is 6.61 Å². The van der Waals surface area contributed by atoms with Gasteiger partial charge in [0.05, 0.1) is 6.61 Å². The van der Waals surface area contributed by atoms with E-state index in [0.717, 1.165) is 15.6 Å². The van der Waals surface area contributed by atoms with Crippen LogP contribution >= 0.6 is 15.9 Å². The van der Waals surface area contributed by atoms with Gasteiger partial charge >= 0.3 is 5.97 Å². The summed E-state index contributed by atoms with van der Waals surface area (Å²) >= 11 is 3.33. The van der Waals surface area contributed by atoms with E-state index in [0.29, 0.717) is 6.61 Å². The Labute approximate surface area is 148 Å². The van der Waals surface area contributed by atoms with Crippen molar-refractivity contribution in [1.82, 2.24) is 5.32 Å². The summed E-state index contributed by atoms with van der Waals surface area (Å²) in [6, 6.07) is 15.8. The first-order valence-corrected chi connectivity index (χ1v) is 8.22. The Bertz CT molecular complexity index is 673. The lowest BCUT2D eigenvalue weighted by atomic mass is 10.1. The zero-order chi connectivity index (χ0) is 17.4. The lowest BCUT2D eigenvalue weighted by Gasteiger charge is -2.15. The maximum atomic E-state index is 11.9. The molecule has 0 aliphatic heterocycles. The largest absolute Gasteiger partial charge is 0.480 e. The monoisotopic (exact) mass is 391 g/mol. The number of halogens is 1. The van der Waals surface area contributed by atoms with Crippen molar-refractivity contribution in [2.45, 2.75) is 19.1 Å². The van der Waals surface area contributed by atoms with Crippen LogP contribution in [0.1, 0.15) is 11.1 Å². The van der Waals surface area contributed by atoms with E-state index in [1.54, 1.807) is 0 Å². The normalized spacial score (nSPS) is 11.7. The summed E-state index contributed by atoms with van der Waals surface area (Å²) in [7, 11) is 0. The number of carboxylic acid groups (broad SMARTS) is 1. The topological polar surface area (TPSA) is 75.6 Å². The fourth-order valence-electron chi connectivity index (χ4n) is 2.13. The molecule has 0 aliphatic rings. The van der Waals surface area contributed by atoms with E-state index in [2.05, 4.69) is 21.2 Å². The number of aliphatic carboxylic acids is 1. The minimum absolute atomic E-state index is 0.182. The average molecular weight is 392 g/mol. The summed E-state index contributed by atoms with van der Waals surface area (Å²) < 4.78 is 6.23. The number of ether oxygens (including phenoxy) is 1. The minimum atomic E-state index is -1.07. The first-order valence-electron chi connectivity index (χ1n) is 7.43. The van der Waals surface area contributed by atoms with Crippen molar-refractivity contribution in [3.05, 3.63) is 70.2 Å². The quantitative estimate of drug-likeness (QED) is 0.725. The van der Waals surface area contributed by atoms with Gasteiger partial charge in [0.25, 0.3) is 0 Å². The zero-order valence-corrected chi connectivity index (χ0v) is 14.5. The lowest BCUT2D eigenvalue weighted by molar-refractivity contribution is -0.142. The molecular formula is C18H18BrNO4. The highest BCUT2D eigenvalue weighted by Gasteiger charge is 2.20. The first kappa shape index (κ1) is 18.2. The summed E-state index contributed by atoms with van der Waals surface area (Å²) in [4.78, 5) is 23.2. The number of nitrogens with one attached hydrogen (secondary N) is 1. The van der Waals surface area contributed by atoms with E-state index in [4.69, 9.17) is 4.74 Å². The lowest BCUT2D eigenvalue weighted by Crippen LogP contribution is -2.43. The molecule has 1 atom stereocenters. The molecule has 2 rings (SSSR count). The molecule has 6 heteroatoms. The molecule has 24 heavy (non-hydrogen) atoms. The molecular weight excluding hydrogens is 374 g/mol. The van der Waals surface area contributed by atoms with Crippen LogP contribution in [0.4, 0.5) is 0 Å². The molecule has 0 bridgehead atoms. The Morgan fingerprint density at radius 2 is 1.71 bits per heavy atom. The van der Waals surface area contributed by atoms with E-state index in [1.807, 2.05) is 54.6 Å². The van der Waals surface area contributed by atoms with Crippen molar-refractivity contribution < 1.29 is 19.4 Å². The molecule has 126 valence electrons. The van der Waals surface area contributed by atoms with E-state index < -0.39 is 17.9 Å². The second-order valence-electron chi connectivity index (χ2n) is 5.27. The summed E-state index contributed by atoms with van der Waals surface area (Å²) in [5, 5.41) is 11.8. The van der Waals surface area contributed by atoms with Gasteiger partial charge in [-0.15, -0.1) is 0 Å². The number of hydrogen-bond acceptors (Lipinski definition) is 3. The highest BCUT2D eigenvalue weighted by atomic mass is 79.9. The summed E-state index contributed by atoms with van der Waals surface area (Å²) in [5.74, 6) is -1.52. The number of carbonyl (C=O) groups excluding carboxylic acids is 1. The molecule has 0 saturated heterocycles. The zero-order valence-electron chi connectivity index (χ0n) is 12.9. The fraction of sp³-hybridized carbons (Fsp3) is 0.222. The van der Waals surface area contributed by atoms with Gasteiger partial charge in [-0.1, -0.05) is 58.4 Å². The van der Waals surface area contributed by atoms with E-state index in [9.17, 15) is 14.7 Å². The summed E-state index contributed by atoms with van der Waals surface area (Å²) in [6.07, 6.45) is 0.215. The molecule has 2 aromatic rings. The molecule has 2 N–H and O–H groups in total. The van der Waals surface area contributed by atoms with Crippen molar-refractivity contribution in [3.8, 4) is 0 Å². The number of carbonyl (C=O) groups is 2. The smallest absolute Gasteiger partial charge is 0.326 e. The summed E-state index contributed by atoms with van der Waals surface area (Å²) in [6.45, 7) is 0.123. The number of amides is 1. The van der Waals surface area contributed by atoms with Gasteiger partial charge in [0.2, 0.25) is 5.91 Å². The van der Waals surface area contributed by atoms with Crippen molar-refractivity contribution in [3.63, 3.8) is 0 Å². The third kappa shape index (κ3) is 6.14. The molecule has 0 saturated carbocycles. The Morgan fingerprint density at radius 3 is 2.33 bits per heavy atom. The van der Waals surface area contributed by atoms with Crippen molar-refractivity contribution in [1.29, 1.82) is 0 Å². The number of rotatable bonds is 8. The minimum Gasteiger partial charge on any atom is -0.480 e. The maximum Gasteiger partial charge on any atom is 0.326 e. The molecule has 1 amide bonds. The summed E-state index contributed by atoms with van der Waals surface area (Å²) in [5.41, 5.74) is 1.78. The van der Waals surface area contributed by atoms with Crippen LogP contribution in [0, 0.1) is 0 Å². The van der Waals surface area contributed by atoms with Crippen LogP contribution in [0.5, 0.6) is 0 Å². The number of benzene rings is 2. The van der Waals surface area contributed by atoms with Crippen LogP contribution in [-0.4, -0.2) is 29.6 Å². The predicted molar refractivity (Wildman–Crippen MR) is 93.5 cm³/mol. The second kappa shape index (κ2) is 9.20. The van der Waals surface area contributed by atoms with E-state index >= 15 is 0 Å². The van der Waals surface area contributed by atoms with Gasteiger partial charge < -0.3 is 15.2 Å². The van der Waals surface area contributed by atoms with Gasteiger partial charge in [-0.2, -0.15) is 0 Å². The van der Waals surface area contributed by atoms with Gasteiger partial charge in [-0.25, -0.2) is 4.79 Å². The molecule has 0 aromatic heterocycles. The van der Waals surface area contributed by atoms with E-state index in [-0.39, 0.29) is 13.0 Å². The molecule has 5 nitrogen and oxygen atoms in total. The third-order valence-corrected chi connectivity index (χ3v) is 3.86. The van der Waals surface area contributed by atoms with Crippen LogP contribution in [-0.2, 0) is 27.4 Å². The third-order valence-electron chi connectivity index (χ3n) is 3.33. The Balaban J connectivity index is 1.82. The SMILES string of the molecule is O=C(COCc1ccccc1)N[C@H](Cc1ccc(Br)cc1)C(=O)O. The maximum absolute atomic E-state index is 11.9. The van der Waals surface area contributed by atoms with E-state index in [1.165, 1.54) is 0 Å². The van der Waals surface area contributed by atoms with Crippen LogP contribution < -0.4 is 5.32 Å². The van der Waals surface area contributed by atoms with Crippen molar-refractivity contribution >= 4 is 27.8 Å². The molecule has 0 aliphatic carbocycles. The van der Waals surface area contributed by atoms with Gasteiger partial charge in [0.15, 0.2) is 0 Å². The Morgan fingerprint density at radius 1 is 1.04 bits per heavy atom. The molecule has 0 unspecified atom stereocenters. The van der Waals surface area contributed by atoms with Gasteiger partial charge in [-0.3, -0.25) is 4.79 Å². The molecule has 0 spiro atoms. The highest BCUT2D eigenvalue weighted by molar-refractivity contribution is 9.10. The standard InChI is InChI=1S/C18H18BrNO4/c19-15-8-6-13(7-9-15)10-16(18(22)23)20-17(21)12-24-11-14-4-2-1-3-5-14/h1-9,16H,10-12H2,(H,20,21)(H,22,23)/t16-/m1/s1. The molecule has 0 radical (unpaired) electrons. The first-order chi connectivity index (χ1) is 11.5. The second-order valence-corrected chi connectivity index (χ2v) is 6.18. The van der Waals surface area contributed by atoms with Gasteiger partial charge in [0, 0.05) is 10.9 Å². The highest BCUT2D eigenvalue weighted by Crippen LogP contribution is 2.12. The fourth-order valence-corrected chi connectivity index (χ4v) is 2.39. The Hall–Kier alpha value is -2.18. The number of carboxylic acids is 1. The van der Waals surface area contributed by atoms with Crippen molar-refractivity contribution in [2.24, 2.45) is 0 Å². The molecule has 0 heterocycles. The molecule has 2 aromatic carbocycles. The number of hydrogen-bond donors (Lipinski definition) is 2. The predicted octanol–water partition coefficient (Wildman–Crippen LogP) is 2.78.